The summed E-state index contributed by atoms with van der Waals surface area (Å²) in [5, 5.41) is 21.5. The largest absolute Gasteiger partial charge is 0.378 e. The van der Waals surface area contributed by atoms with Gasteiger partial charge in [-0.3, -0.25) is 14.7 Å². The highest BCUT2D eigenvalue weighted by Gasteiger charge is 2.54. The molecule has 5 atom stereocenters. The quantitative estimate of drug-likeness (QED) is 0.230. The number of benzene rings is 3. The fourth-order valence-electron chi connectivity index (χ4n) is 8.35. The number of likely N-dealkylation sites (tertiary alicyclic amines) is 1. The smallest absolute Gasteiger partial charge is 0.253 e. The number of aromatic nitrogens is 3. The van der Waals surface area contributed by atoms with Crippen molar-refractivity contribution in [2.75, 3.05) is 34.7 Å². The van der Waals surface area contributed by atoms with Crippen LogP contribution in [0.3, 0.4) is 0 Å². The van der Waals surface area contributed by atoms with Gasteiger partial charge in [0, 0.05) is 57.1 Å². The van der Waals surface area contributed by atoms with Gasteiger partial charge < -0.3 is 20.0 Å². The number of nitriles is 1. The molecule has 0 bridgehead atoms. The van der Waals surface area contributed by atoms with E-state index in [9.17, 15) is 14.9 Å². The monoisotopic (exact) mass is 696 g/mol. The second-order valence-electron chi connectivity index (χ2n) is 15.3. The van der Waals surface area contributed by atoms with Gasteiger partial charge in [-0.05, 0) is 97.9 Å². The normalized spacial score (nSPS) is 21.9. The molecule has 1 saturated carbocycles. The topological polar surface area (TPSA) is 121 Å². The Bertz CT molecular complexity index is 2000. The van der Waals surface area contributed by atoms with Gasteiger partial charge in [-0.2, -0.15) is 10.4 Å². The molecule has 0 spiro atoms. The maximum absolute atomic E-state index is 13.6. The van der Waals surface area contributed by atoms with Gasteiger partial charge in [0.2, 0.25) is 5.91 Å². The number of rotatable bonds is 10. The summed E-state index contributed by atoms with van der Waals surface area (Å²) in [6, 6.07) is 22.9. The lowest BCUT2D eigenvalue weighted by molar-refractivity contribution is -0.131. The first-order chi connectivity index (χ1) is 24.9. The van der Waals surface area contributed by atoms with E-state index in [-0.39, 0.29) is 36.5 Å². The molecule has 2 fully saturated rings. The Morgan fingerprint density at radius 1 is 1.00 bits per heavy atom. The summed E-state index contributed by atoms with van der Waals surface area (Å²) in [6.45, 7) is 8.66. The number of aryl methyl sites for hydroxylation is 3. The first-order valence-corrected chi connectivity index (χ1v) is 18.2. The molecule has 0 radical (unpaired) electrons. The van der Waals surface area contributed by atoms with E-state index in [1.807, 2.05) is 48.2 Å². The second kappa shape index (κ2) is 13.7. The van der Waals surface area contributed by atoms with Crippen molar-refractivity contribution in [1.82, 2.24) is 35.2 Å². The molecule has 1 aliphatic heterocycles. The average molecular weight is 697 g/mol. The molecule has 1 saturated heterocycles. The lowest BCUT2D eigenvalue weighted by atomic mass is 9.67. The van der Waals surface area contributed by atoms with Crippen molar-refractivity contribution >= 4 is 17.5 Å². The van der Waals surface area contributed by atoms with E-state index in [1.54, 1.807) is 19.0 Å². The molecule has 10 nitrogen and oxygen atoms in total. The van der Waals surface area contributed by atoms with Crippen molar-refractivity contribution in [3.05, 3.63) is 112 Å². The van der Waals surface area contributed by atoms with Crippen LogP contribution in [-0.2, 0) is 23.1 Å². The number of hydrogen-bond acceptors (Lipinski definition) is 7. The average Bonchev–Trinajstić information content (AvgIpc) is 3.57. The van der Waals surface area contributed by atoms with E-state index in [0.717, 1.165) is 64.8 Å². The van der Waals surface area contributed by atoms with Gasteiger partial charge in [0.05, 0.1) is 18.0 Å². The molecule has 2 N–H and O–H groups in total. The molecule has 268 valence electrons. The molecule has 2 amide bonds. The van der Waals surface area contributed by atoms with Crippen LogP contribution in [0.4, 0.5) is 0 Å². The number of carbonyl (C=O) groups excluding carboxylic acids is 2. The first-order valence-electron chi connectivity index (χ1n) is 18.2. The summed E-state index contributed by atoms with van der Waals surface area (Å²) in [5.41, 5.74) is 8.23. The number of fused-ring (bicyclic) bond motifs is 3. The second-order valence-corrected chi connectivity index (χ2v) is 15.3. The summed E-state index contributed by atoms with van der Waals surface area (Å²) in [4.78, 5) is 37.5. The van der Waals surface area contributed by atoms with E-state index in [1.165, 1.54) is 5.56 Å². The minimum atomic E-state index is -0.825. The third kappa shape index (κ3) is 6.28. The number of H-pyrrole nitrogens is 1. The van der Waals surface area contributed by atoms with Gasteiger partial charge in [0.25, 0.3) is 5.91 Å². The highest BCUT2D eigenvalue weighted by molar-refractivity contribution is 5.94. The maximum Gasteiger partial charge on any atom is 0.253 e. The standard InChI is InChI=1S/C42H48N8O2/c1-25-8-10-28(11-9-25)39-45-41(47-46-39)42(22-26(2)44-24-38(51)50-34(23-43)20-33-21-37(33)50)35-16-14-29(27(3)48(4)5)18-30(35)12-13-31-19-32(15-17-36(31)42)40(52)49(6)7/h8-11,14-19,26,33-34,37,44H,3,12-13,20-22,24H2,1-2,4-7H3,(H,45,46,47)/t26-,33-,34?,37+,42?/m1/s1. The Morgan fingerprint density at radius 2 is 1.65 bits per heavy atom. The minimum absolute atomic E-state index is 0.0286. The third-order valence-electron chi connectivity index (χ3n) is 11.3. The Kier molecular flexibility index (Phi) is 9.26. The molecule has 3 aromatic carbocycles. The minimum Gasteiger partial charge on any atom is -0.378 e. The zero-order valence-electron chi connectivity index (χ0n) is 31.0. The summed E-state index contributed by atoms with van der Waals surface area (Å²) < 4.78 is 0. The molecule has 10 heteroatoms. The van der Waals surface area contributed by atoms with Crippen LogP contribution >= 0.6 is 0 Å². The number of nitrogens with one attached hydrogen (secondary N) is 2. The maximum atomic E-state index is 13.6. The molecule has 3 aliphatic rings. The Hall–Kier alpha value is -5.27. The zero-order chi connectivity index (χ0) is 36.9. The van der Waals surface area contributed by atoms with Gasteiger partial charge in [0.15, 0.2) is 5.82 Å². The lowest BCUT2D eigenvalue weighted by Crippen LogP contribution is -2.46. The Labute approximate surface area is 306 Å². The predicted molar refractivity (Wildman–Crippen MR) is 202 cm³/mol. The number of carbonyl (C=O) groups is 2. The van der Waals surface area contributed by atoms with E-state index in [4.69, 9.17) is 10.1 Å². The number of aromatic amines is 1. The Morgan fingerprint density at radius 3 is 2.29 bits per heavy atom. The van der Waals surface area contributed by atoms with Crippen LogP contribution in [0.1, 0.15) is 75.7 Å². The number of hydrogen-bond donors (Lipinski definition) is 2. The van der Waals surface area contributed by atoms with Gasteiger partial charge in [-0.25, -0.2) is 4.98 Å². The van der Waals surface area contributed by atoms with Crippen molar-refractivity contribution in [3.63, 3.8) is 0 Å². The molecule has 2 heterocycles. The van der Waals surface area contributed by atoms with Crippen molar-refractivity contribution in [3.8, 4) is 17.5 Å². The summed E-state index contributed by atoms with van der Waals surface area (Å²) in [5.74, 6) is 1.68. The van der Waals surface area contributed by atoms with Crippen molar-refractivity contribution in [2.45, 2.75) is 69.5 Å². The molecule has 4 aromatic rings. The molecule has 2 unspecified atom stereocenters. The van der Waals surface area contributed by atoms with Gasteiger partial charge in [0.1, 0.15) is 11.9 Å². The van der Waals surface area contributed by atoms with E-state index in [2.05, 4.69) is 73.3 Å². The van der Waals surface area contributed by atoms with Crippen LogP contribution in [0.25, 0.3) is 17.1 Å². The summed E-state index contributed by atoms with van der Waals surface area (Å²) >= 11 is 0. The van der Waals surface area contributed by atoms with Gasteiger partial charge >= 0.3 is 0 Å². The van der Waals surface area contributed by atoms with E-state index >= 15 is 0 Å². The van der Waals surface area contributed by atoms with E-state index < -0.39 is 5.41 Å². The fourth-order valence-corrected chi connectivity index (χ4v) is 8.35. The molecule has 1 aromatic heterocycles. The highest BCUT2D eigenvalue weighted by Crippen LogP contribution is 2.49. The summed E-state index contributed by atoms with van der Waals surface area (Å²) in [7, 11) is 7.54. The first kappa shape index (κ1) is 35.1. The van der Waals surface area contributed by atoms with Crippen molar-refractivity contribution in [1.29, 1.82) is 5.26 Å². The SMILES string of the molecule is C=C(c1ccc2c(c1)CCc1cc(C(=O)N(C)C)ccc1C2(C[C@@H](C)NCC(=O)N1C(C#N)C[C@@H]2C[C@@H]21)c1nc(-c2ccc(C)cc2)n[nH]1)N(C)C. The Balaban J connectivity index is 1.36. The van der Waals surface area contributed by atoms with Gasteiger partial charge in [-0.1, -0.05) is 54.6 Å². The number of nitrogens with zero attached hydrogens (tertiary/aromatic N) is 6. The predicted octanol–water partition coefficient (Wildman–Crippen LogP) is 5.33. The molecule has 2 aliphatic carbocycles. The van der Waals surface area contributed by atoms with Crippen molar-refractivity contribution < 1.29 is 9.59 Å². The molecular weight excluding hydrogens is 649 g/mol. The van der Waals surface area contributed by atoms with Crippen LogP contribution in [0.2, 0.25) is 0 Å². The van der Waals surface area contributed by atoms with E-state index in [0.29, 0.717) is 29.6 Å². The van der Waals surface area contributed by atoms with Crippen LogP contribution in [0.5, 0.6) is 0 Å². The molecular formula is C42H48N8O2. The zero-order valence-corrected chi connectivity index (χ0v) is 31.0. The highest BCUT2D eigenvalue weighted by atomic mass is 16.2. The van der Waals surface area contributed by atoms with Gasteiger partial charge in [-0.15, -0.1) is 0 Å². The molecule has 7 rings (SSSR count). The number of amides is 2. The third-order valence-corrected chi connectivity index (χ3v) is 11.3. The molecule has 52 heavy (non-hydrogen) atoms. The summed E-state index contributed by atoms with van der Waals surface area (Å²) in [6.07, 6.45) is 3.79. The lowest BCUT2D eigenvalue weighted by Gasteiger charge is -2.37. The fraction of sp³-hybridized carbons (Fsp3) is 0.405. The van der Waals surface area contributed by atoms with Crippen LogP contribution < -0.4 is 5.32 Å². The van der Waals surface area contributed by atoms with Crippen LogP contribution in [0.15, 0.2) is 67.2 Å². The van der Waals surface area contributed by atoms with Crippen molar-refractivity contribution in [2.24, 2.45) is 5.92 Å². The van der Waals surface area contributed by atoms with Crippen LogP contribution in [0, 0.1) is 24.2 Å². The number of piperidine rings is 1. The van der Waals surface area contributed by atoms with Crippen LogP contribution in [-0.4, -0.2) is 94.6 Å².